The van der Waals surface area contributed by atoms with E-state index in [9.17, 15) is 9.59 Å². The largest absolute Gasteiger partial charge is 0.466 e. The van der Waals surface area contributed by atoms with Gasteiger partial charge in [-0.3, -0.25) is 14.3 Å². The van der Waals surface area contributed by atoms with Crippen LogP contribution >= 0.6 is 11.6 Å². The van der Waals surface area contributed by atoms with Crippen LogP contribution in [0, 0.1) is 0 Å². The zero-order chi connectivity index (χ0) is 19.7. The lowest BCUT2D eigenvalue weighted by Crippen LogP contribution is -2.56. The van der Waals surface area contributed by atoms with Crippen LogP contribution in [0.15, 0.2) is 60.9 Å². The average molecular weight is 397 g/mol. The van der Waals surface area contributed by atoms with Crippen LogP contribution in [0.2, 0.25) is 5.02 Å². The number of amides is 2. The maximum absolute atomic E-state index is 12.8. The van der Waals surface area contributed by atoms with Crippen LogP contribution < -0.4 is 15.4 Å². The van der Waals surface area contributed by atoms with Gasteiger partial charge in [0.2, 0.25) is 0 Å². The Morgan fingerprint density at radius 3 is 2.79 bits per heavy atom. The van der Waals surface area contributed by atoms with Gasteiger partial charge in [-0.05, 0) is 36.8 Å². The van der Waals surface area contributed by atoms with Gasteiger partial charge in [0.15, 0.2) is 0 Å². The molecular formula is C20H17ClN4O3. The van der Waals surface area contributed by atoms with Gasteiger partial charge >= 0.3 is 0 Å². The third-order valence-corrected chi connectivity index (χ3v) is 4.72. The van der Waals surface area contributed by atoms with Crippen molar-refractivity contribution in [3.63, 3.8) is 0 Å². The van der Waals surface area contributed by atoms with E-state index < -0.39 is 17.4 Å². The van der Waals surface area contributed by atoms with Crippen LogP contribution in [-0.2, 0) is 16.1 Å². The van der Waals surface area contributed by atoms with Crippen LogP contribution in [-0.4, -0.2) is 27.2 Å². The number of nitrogens with one attached hydrogen (secondary N) is 2. The van der Waals surface area contributed by atoms with Crippen molar-refractivity contribution >= 4 is 34.8 Å². The summed E-state index contributed by atoms with van der Waals surface area (Å²) in [5.74, 6) is -0.666. The van der Waals surface area contributed by atoms with E-state index in [0.29, 0.717) is 28.7 Å². The highest BCUT2D eigenvalue weighted by Crippen LogP contribution is 2.33. The van der Waals surface area contributed by atoms with Gasteiger partial charge in [-0.2, -0.15) is 5.10 Å². The summed E-state index contributed by atoms with van der Waals surface area (Å²) in [6.45, 7) is 1.96. The van der Waals surface area contributed by atoms with Crippen molar-refractivity contribution in [2.24, 2.45) is 0 Å². The minimum absolute atomic E-state index is 0.443. The molecule has 28 heavy (non-hydrogen) atoms. The normalized spacial score (nSPS) is 18.0. The van der Waals surface area contributed by atoms with Crippen LogP contribution in [0.4, 0.5) is 11.4 Å². The molecule has 3 aromatic rings. The lowest BCUT2D eigenvalue weighted by molar-refractivity contribution is -0.143. The van der Waals surface area contributed by atoms with Crippen molar-refractivity contribution in [2.75, 3.05) is 10.6 Å². The molecule has 0 radical (unpaired) electrons. The summed E-state index contributed by atoms with van der Waals surface area (Å²) < 4.78 is 7.39. The van der Waals surface area contributed by atoms with Gasteiger partial charge in [-0.1, -0.05) is 35.9 Å². The third-order valence-electron chi connectivity index (χ3n) is 4.46. The molecule has 1 aliphatic rings. The number of fused-ring (bicyclic) bond motifs is 1. The Bertz CT molecular complexity index is 1050. The van der Waals surface area contributed by atoms with Gasteiger partial charge in [0.05, 0.1) is 24.1 Å². The van der Waals surface area contributed by atoms with E-state index in [-0.39, 0.29) is 0 Å². The molecule has 1 aliphatic heterocycles. The molecule has 0 bridgehead atoms. The first-order valence-electron chi connectivity index (χ1n) is 8.62. The van der Waals surface area contributed by atoms with E-state index in [1.54, 1.807) is 47.3 Å². The Hall–Kier alpha value is -3.32. The number of carbonyl (C=O) groups excluding carboxylic acids is 2. The van der Waals surface area contributed by atoms with Gasteiger partial charge < -0.3 is 15.4 Å². The predicted molar refractivity (Wildman–Crippen MR) is 106 cm³/mol. The number of rotatable bonds is 4. The molecule has 0 fully saturated rings. The molecule has 142 valence electrons. The van der Waals surface area contributed by atoms with Crippen LogP contribution in [0.3, 0.4) is 0 Å². The summed E-state index contributed by atoms with van der Waals surface area (Å²) in [7, 11) is 0. The molecule has 7 nitrogen and oxygen atoms in total. The first-order chi connectivity index (χ1) is 13.4. The Balaban J connectivity index is 1.47. The number of hydrogen-bond donors (Lipinski definition) is 2. The molecule has 0 aliphatic carbocycles. The number of hydrogen-bond acceptors (Lipinski definition) is 4. The van der Waals surface area contributed by atoms with E-state index >= 15 is 0 Å². The van der Waals surface area contributed by atoms with Crippen molar-refractivity contribution in [3.8, 4) is 5.75 Å². The maximum atomic E-state index is 12.8. The molecule has 0 spiro atoms. The minimum Gasteiger partial charge on any atom is -0.466 e. The average Bonchev–Trinajstić information content (AvgIpc) is 3.11. The number of benzene rings is 2. The number of aromatic nitrogens is 2. The van der Waals surface area contributed by atoms with E-state index in [1.165, 1.54) is 13.1 Å². The maximum Gasteiger partial charge on any atom is 0.278 e. The van der Waals surface area contributed by atoms with Crippen LogP contribution in [0.25, 0.3) is 0 Å². The number of carbonyl (C=O) groups is 2. The molecule has 4 rings (SSSR count). The molecule has 0 saturated heterocycles. The summed E-state index contributed by atoms with van der Waals surface area (Å²) in [5.41, 5.74) is 0.333. The topological polar surface area (TPSA) is 85.2 Å². The van der Waals surface area contributed by atoms with Crippen molar-refractivity contribution in [1.29, 1.82) is 0 Å². The summed E-state index contributed by atoms with van der Waals surface area (Å²) in [4.78, 5) is 25.2. The van der Waals surface area contributed by atoms with Gasteiger partial charge in [-0.15, -0.1) is 0 Å². The number of nitrogens with zero attached hydrogens (tertiary/aromatic N) is 2. The zero-order valence-electron chi connectivity index (χ0n) is 15.0. The lowest BCUT2D eigenvalue weighted by atomic mass is 10.0. The molecule has 2 aromatic carbocycles. The number of halogens is 1. The Morgan fingerprint density at radius 2 is 2.00 bits per heavy atom. The fourth-order valence-electron chi connectivity index (χ4n) is 2.86. The van der Waals surface area contributed by atoms with Crippen molar-refractivity contribution < 1.29 is 14.3 Å². The second-order valence-electron chi connectivity index (χ2n) is 6.59. The zero-order valence-corrected chi connectivity index (χ0v) is 15.7. The van der Waals surface area contributed by atoms with E-state index in [2.05, 4.69) is 15.7 Å². The first kappa shape index (κ1) is 18.1. The van der Waals surface area contributed by atoms with E-state index in [4.69, 9.17) is 16.3 Å². The number of para-hydroxylation sites is 2. The Morgan fingerprint density at radius 1 is 1.25 bits per heavy atom. The third kappa shape index (κ3) is 3.44. The first-order valence-corrected chi connectivity index (χ1v) is 9.00. The second-order valence-corrected chi connectivity index (χ2v) is 7.03. The van der Waals surface area contributed by atoms with Crippen molar-refractivity contribution in [1.82, 2.24) is 9.78 Å². The smallest absolute Gasteiger partial charge is 0.278 e. The van der Waals surface area contributed by atoms with Gasteiger partial charge in [0.1, 0.15) is 5.75 Å². The molecular weight excluding hydrogens is 380 g/mol. The lowest BCUT2D eigenvalue weighted by Gasteiger charge is -2.33. The summed E-state index contributed by atoms with van der Waals surface area (Å²) in [6.07, 6.45) is 3.20. The summed E-state index contributed by atoms with van der Waals surface area (Å²) >= 11 is 5.89. The molecule has 1 atom stereocenters. The summed E-state index contributed by atoms with van der Waals surface area (Å²) in [5, 5.41) is 10.3. The quantitative estimate of drug-likeness (QED) is 0.662. The molecule has 1 unspecified atom stereocenters. The molecule has 1 aromatic heterocycles. The van der Waals surface area contributed by atoms with Gasteiger partial charge in [0, 0.05) is 11.2 Å². The molecule has 8 heteroatoms. The van der Waals surface area contributed by atoms with Gasteiger partial charge in [-0.25, -0.2) is 0 Å². The Kier molecular flexibility index (Phi) is 4.52. The number of ether oxygens (including phenoxy) is 1. The van der Waals surface area contributed by atoms with Crippen molar-refractivity contribution in [2.45, 2.75) is 19.1 Å². The predicted octanol–water partition coefficient (Wildman–Crippen LogP) is 3.31. The van der Waals surface area contributed by atoms with Crippen LogP contribution in [0.1, 0.15) is 12.5 Å². The molecule has 2 heterocycles. The monoisotopic (exact) mass is 396 g/mol. The number of anilines is 2. The highest BCUT2D eigenvalue weighted by molar-refractivity contribution is 6.30. The molecule has 2 N–H and O–H groups in total. The highest BCUT2D eigenvalue weighted by Gasteiger charge is 2.47. The highest BCUT2D eigenvalue weighted by atomic mass is 35.5. The standard InChI is InChI=1S/C20H17ClN4O3/c1-20(19(27)24-16-4-2-3-5-17(16)28-20)18(26)23-15-10-22-25(12-15)11-13-6-8-14(21)9-7-13/h2-10,12H,11H2,1H3,(H,23,26)(H,24,27). The SMILES string of the molecule is CC1(C(=O)Nc2cnn(Cc3ccc(Cl)cc3)c2)Oc2ccccc2NC1=O. The van der Waals surface area contributed by atoms with Gasteiger partial charge in [0.25, 0.3) is 17.4 Å². The fourth-order valence-corrected chi connectivity index (χ4v) is 2.98. The second kappa shape index (κ2) is 7.01. The fraction of sp³-hybridized carbons (Fsp3) is 0.150. The Labute approximate surface area is 166 Å². The van der Waals surface area contributed by atoms with E-state index in [0.717, 1.165) is 5.56 Å². The molecule has 2 amide bonds. The molecule has 0 saturated carbocycles. The van der Waals surface area contributed by atoms with Crippen LogP contribution in [0.5, 0.6) is 5.75 Å². The summed E-state index contributed by atoms with van der Waals surface area (Å²) in [6, 6.07) is 14.4. The minimum atomic E-state index is -1.69. The van der Waals surface area contributed by atoms with E-state index in [1.807, 2.05) is 12.1 Å². The van der Waals surface area contributed by atoms with Crippen molar-refractivity contribution in [3.05, 3.63) is 71.5 Å².